The Bertz CT molecular complexity index is 392. The number of carbonyl (C=O) groups excluding carboxylic acids is 1. The summed E-state index contributed by atoms with van der Waals surface area (Å²) in [5.41, 5.74) is 1.09. The topological polar surface area (TPSA) is 49.7 Å². The second-order valence-electron chi connectivity index (χ2n) is 4.41. The van der Waals surface area contributed by atoms with Crippen molar-refractivity contribution in [3.8, 4) is 0 Å². The molecule has 90 valence electrons. The monoisotopic (exact) mass is 232 g/mol. The quantitative estimate of drug-likeness (QED) is 0.751. The van der Waals surface area contributed by atoms with Gasteiger partial charge < -0.3 is 4.90 Å². The van der Waals surface area contributed by atoms with E-state index in [1.807, 2.05) is 30.3 Å². The summed E-state index contributed by atoms with van der Waals surface area (Å²) >= 11 is 0. The van der Waals surface area contributed by atoms with E-state index in [-0.39, 0.29) is 11.9 Å². The lowest BCUT2D eigenvalue weighted by atomic mass is 10.1. The lowest BCUT2D eigenvalue weighted by molar-refractivity contribution is -0.131. The molecule has 1 aliphatic heterocycles. The van der Waals surface area contributed by atoms with Crippen LogP contribution in [0.15, 0.2) is 35.5 Å². The molecule has 1 aromatic rings. The number of hydrogen-bond acceptors (Lipinski definition) is 3. The second kappa shape index (κ2) is 5.57. The Morgan fingerprint density at radius 2 is 2.06 bits per heavy atom. The van der Waals surface area contributed by atoms with E-state index in [9.17, 15) is 9.70 Å². The predicted octanol–water partition coefficient (Wildman–Crippen LogP) is 2.33. The summed E-state index contributed by atoms with van der Waals surface area (Å²) < 4.78 is 0. The maximum absolute atomic E-state index is 11.9. The van der Waals surface area contributed by atoms with Gasteiger partial charge in [-0.1, -0.05) is 35.5 Å². The number of hydrogen-bond donors (Lipinski definition) is 0. The fourth-order valence-electron chi connectivity index (χ4n) is 2.14. The first kappa shape index (κ1) is 11.8. The zero-order valence-corrected chi connectivity index (χ0v) is 9.71. The van der Waals surface area contributed by atoms with Crippen molar-refractivity contribution in [2.24, 2.45) is 5.18 Å². The van der Waals surface area contributed by atoms with Crippen LogP contribution in [0.5, 0.6) is 0 Å². The Kier molecular flexibility index (Phi) is 3.85. The van der Waals surface area contributed by atoms with Crippen LogP contribution in [0.25, 0.3) is 0 Å². The van der Waals surface area contributed by atoms with Gasteiger partial charge >= 0.3 is 0 Å². The molecule has 1 fully saturated rings. The largest absolute Gasteiger partial charge is 0.336 e. The molecule has 0 N–H and O–H groups in total. The maximum atomic E-state index is 11.9. The minimum absolute atomic E-state index is 0.125. The van der Waals surface area contributed by atoms with E-state index in [1.165, 1.54) is 0 Å². The number of nitroso groups, excluding NO2 is 1. The van der Waals surface area contributed by atoms with Crippen LogP contribution in [-0.2, 0) is 11.3 Å². The van der Waals surface area contributed by atoms with Crippen LogP contribution in [0, 0.1) is 4.91 Å². The van der Waals surface area contributed by atoms with Gasteiger partial charge in [0.2, 0.25) is 5.91 Å². The molecule has 0 bridgehead atoms. The molecule has 0 saturated carbocycles. The van der Waals surface area contributed by atoms with Crippen LogP contribution in [-0.4, -0.2) is 23.4 Å². The summed E-state index contributed by atoms with van der Waals surface area (Å²) in [5.74, 6) is 0.125. The lowest BCUT2D eigenvalue weighted by Gasteiger charge is -2.21. The van der Waals surface area contributed by atoms with E-state index < -0.39 is 0 Å². The van der Waals surface area contributed by atoms with Gasteiger partial charge in [0.25, 0.3) is 0 Å². The first-order valence-corrected chi connectivity index (χ1v) is 5.94. The van der Waals surface area contributed by atoms with Crippen molar-refractivity contribution < 1.29 is 4.79 Å². The molecule has 4 heteroatoms. The molecular weight excluding hydrogens is 216 g/mol. The third-order valence-electron chi connectivity index (χ3n) is 3.08. The van der Waals surface area contributed by atoms with Crippen molar-refractivity contribution in [2.75, 3.05) is 6.54 Å². The highest BCUT2D eigenvalue weighted by Crippen LogP contribution is 2.16. The van der Waals surface area contributed by atoms with Crippen LogP contribution >= 0.6 is 0 Å². The fourth-order valence-corrected chi connectivity index (χ4v) is 2.14. The van der Waals surface area contributed by atoms with Crippen LogP contribution in [0.1, 0.15) is 24.8 Å². The summed E-state index contributed by atoms with van der Waals surface area (Å²) in [6, 6.07) is 9.58. The number of benzene rings is 1. The Morgan fingerprint density at radius 3 is 2.76 bits per heavy atom. The van der Waals surface area contributed by atoms with Gasteiger partial charge in [-0.3, -0.25) is 4.79 Å². The Morgan fingerprint density at radius 1 is 1.29 bits per heavy atom. The van der Waals surface area contributed by atoms with Crippen molar-refractivity contribution in [1.82, 2.24) is 4.90 Å². The highest BCUT2D eigenvalue weighted by molar-refractivity contribution is 5.76. The standard InChI is InChI=1S/C13H16N2O2/c16-13-8-4-7-12(14-17)10-15(13)9-11-5-2-1-3-6-11/h1-3,5-6,12H,4,7-10H2. The van der Waals surface area contributed by atoms with E-state index in [0.29, 0.717) is 19.5 Å². The number of carbonyl (C=O) groups is 1. The predicted molar refractivity (Wildman–Crippen MR) is 65.3 cm³/mol. The normalized spacial score (nSPS) is 21.1. The van der Waals surface area contributed by atoms with Crippen LogP contribution < -0.4 is 0 Å². The summed E-state index contributed by atoms with van der Waals surface area (Å²) in [5, 5.41) is 3.09. The van der Waals surface area contributed by atoms with Gasteiger partial charge in [0.15, 0.2) is 0 Å². The Hall–Kier alpha value is -1.71. The van der Waals surface area contributed by atoms with Gasteiger partial charge in [-0.2, -0.15) is 4.91 Å². The van der Waals surface area contributed by atoms with Crippen molar-refractivity contribution >= 4 is 5.91 Å². The van der Waals surface area contributed by atoms with E-state index in [0.717, 1.165) is 18.4 Å². The first-order valence-electron chi connectivity index (χ1n) is 5.94. The van der Waals surface area contributed by atoms with E-state index in [4.69, 9.17) is 0 Å². The third kappa shape index (κ3) is 3.12. The molecule has 0 spiro atoms. The van der Waals surface area contributed by atoms with Crippen LogP contribution in [0.2, 0.25) is 0 Å². The number of likely N-dealkylation sites (tertiary alicyclic amines) is 1. The zero-order chi connectivity index (χ0) is 12.1. The highest BCUT2D eigenvalue weighted by Gasteiger charge is 2.23. The van der Waals surface area contributed by atoms with Gasteiger partial charge in [-0.05, 0) is 18.4 Å². The van der Waals surface area contributed by atoms with Crippen molar-refractivity contribution in [2.45, 2.75) is 31.8 Å². The van der Waals surface area contributed by atoms with Gasteiger partial charge in [0.05, 0.1) is 0 Å². The Labute approximate surface area is 101 Å². The highest BCUT2D eigenvalue weighted by atomic mass is 16.3. The molecule has 0 aliphatic carbocycles. The van der Waals surface area contributed by atoms with E-state index in [2.05, 4.69) is 5.18 Å². The summed E-state index contributed by atoms with van der Waals surface area (Å²) in [6.07, 6.45) is 2.01. The molecule has 1 aliphatic rings. The Balaban J connectivity index is 2.06. The van der Waals surface area contributed by atoms with E-state index in [1.54, 1.807) is 4.90 Å². The van der Waals surface area contributed by atoms with Gasteiger partial charge in [0, 0.05) is 19.5 Å². The number of rotatable bonds is 3. The second-order valence-corrected chi connectivity index (χ2v) is 4.41. The summed E-state index contributed by atoms with van der Waals surface area (Å²) in [7, 11) is 0. The lowest BCUT2D eigenvalue weighted by Crippen LogP contribution is -2.33. The van der Waals surface area contributed by atoms with Crippen molar-refractivity contribution in [1.29, 1.82) is 0 Å². The van der Waals surface area contributed by atoms with Crippen molar-refractivity contribution in [3.63, 3.8) is 0 Å². The molecule has 0 radical (unpaired) electrons. The van der Waals surface area contributed by atoms with Crippen LogP contribution in [0.3, 0.4) is 0 Å². The molecule has 1 saturated heterocycles. The smallest absolute Gasteiger partial charge is 0.222 e. The first-order chi connectivity index (χ1) is 8.29. The third-order valence-corrected chi connectivity index (χ3v) is 3.08. The minimum atomic E-state index is -0.245. The average molecular weight is 232 g/mol. The molecule has 17 heavy (non-hydrogen) atoms. The number of nitrogens with zero attached hydrogens (tertiary/aromatic N) is 2. The summed E-state index contributed by atoms with van der Waals surface area (Å²) in [4.78, 5) is 24.2. The molecule has 1 heterocycles. The summed E-state index contributed by atoms with van der Waals surface area (Å²) in [6.45, 7) is 1.03. The van der Waals surface area contributed by atoms with Gasteiger partial charge in [0.1, 0.15) is 6.04 Å². The molecule has 1 atom stereocenters. The zero-order valence-electron chi connectivity index (χ0n) is 9.71. The van der Waals surface area contributed by atoms with Crippen molar-refractivity contribution in [3.05, 3.63) is 40.8 Å². The van der Waals surface area contributed by atoms with Crippen LogP contribution in [0.4, 0.5) is 0 Å². The molecule has 1 amide bonds. The molecule has 1 unspecified atom stereocenters. The molecule has 2 rings (SSSR count). The van der Waals surface area contributed by atoms with E-state index >= 15 is 0 Å². The fraction of sp³-hybridized carbons (Fsp3) is 0.462. The number of amides is 1. The van der Waals surface area contributed by atoms with Gasteiger partial charge in [-0.25, -0.2) is 0 Å². The maximum Gasteiger partial charge on any atom is 0.222 e. The molecule has 4 nitrogen and oxygen atoms in total. The molecule has 0 aromatic heterocycles. The molecular formula is C13H16N2O2. The SMILES string of the molecule is O=NC1CCCC(=O)N(Cc2ccccc2)C1. The average Bonchev–Trinajstić information content (AvgIpc) is 2.53. The minimum Gasteiger partial charge on any atom is -0.336 e. The van der Waals surface area contributed by atoms with Gasteiger partial charge in [-0.15, -0.1) is 0 Å². The molecule has 1 aromatic carbocycles.